The third-order valence-corrected chi connectivity index (χ3v) is 11.9. The molecule has 6 heteroatoms. The maximum absolute atomic E-state index is 15.5. The van der Waals surface area contributed by atoms with Crippen LogP contribution in [-0.4, -0.2) is 9.74 Å². The second kappa shape index (κ2) is 21.1. The molecule has 7 rings (SSSR count). The van der Waals surface area contributed by atoms with Gasteiger partial charge in [-0.05, 0) is 107 Å². The van der Waals surface area contributed by atoms with Gasteiger partial charge >= 0.3 is 0 Å². The zero-order valence-corrected chi connectivity index (χ0v) is 36.8. The molecule has 0 radical (unpaired) electrons. The Balaban J connectivity index is 1.00. The van der Waals surface area contributed by atoms with Crippen molar-refractivity contribution in [2.75, 3.05) is 0 Å². The van der Waals surface area contributed by atoms with E-state index in [1.54, 1.807) is 12.1 Å². The van der Waals surface area contributed by atoms with Crippen molar-refractivity contribution in [1.29, 1.82) is 0 Å². The molecule has 0 saturated heterocycles. The lowest BCUT2D eigenvalue weighted by molar-refractivity contribution is -0.484. The summed E-state index contributed by atoms with van der Waals surface area (Å²) in [5.74, 6) is 2.62. The second-order valence-electron chi connectivity index (χ2n) is 15.9. The highest BCUT2D eigenvalue weighted by Crippen LogP contribution is 2.35. The minimum atomic E-state index is -0.855. The van der Waals surface area contributed by atoms with Crippen molar-refractivity contribution in [3.63, 3.8) is 0 Å². The molecule has 0 fully saturated rings. The fourth-order valence-electron chi connectivity index (χ4n) is 7.99. The number of thiocarbonyl (C=S) groups is 1. The van der Waals surface area contributed by atoms with Crippen molar-refractivity contribution in [2.45, 2.75) is 78.2 Å². The lowest BCUT2D eigenvalue weighted by Crippen LogP contribution is -2.12. The molecule has 0 aromatic heterocycles. The molecular formula is C57H50F4NS+. The molecule has 7 aromatic carbocycles. The zero-order chi connectivity index (χ0) is 44.3. The van der Waals surface area contributed by atoms with E-state index in [9.17, 15) is 8.78 Å². The predicted molar refractivity (Wildman–Crippen MR) is 254 cm³/mol. The molecule has 1 unspecified atom stereocenters. The van der Waals surface area contributed by atoms with Gasteiger partial charge < -0.3 is 0 Å². The molecule has 0 aliphatic rings. The molecule has 1 atom stereocenters. The van der Waals surface area contributed by atoms with Crippen molar-refractivity contribution in [1.82, 2.24) is 0 Å². The molecule has 0 aliphatic carbocycles. The minimum absolute atomic E-state index is 0.0607. The molecule has 0 heterocycles. The summed E-state index contributed by atoms with van der Waals surface area (Å²) < 4.78 is 62.3. The third kappa shape index (κ3) is 10.6. The third-order valence-electron chi connectivity index (χ3n) is 11.7. The Morgan fingerprint density at radius 2 is 0.952 bits per heavy atom. The molecule has 1 nitrogen and oxygen atoms in total. The van der Waals surface area contributed by atoms with Gasteiger partial charge in [-0.1, -0.05) is 149 Å². The molecule has 0 aliphatic heterocycles. The first-order valence-corrected chi connectivity index (χ1v) is 22.3. The van der Waals surface area contributed by atoms with E-state index in [1.165, 1.54) is 24.1 Å². The van der Waals surface area contributed by atoms with Gasteiger partial charge in [-0.15, -0.1) is 4.58 Å². The molecule has 0 N–H and O–H groups in total. The fourth-order valence-corrected chi connectivity index (χ4v) is 8.23. The summed E-state index contributed by atoms with van der Waals surface area (Å²) in [6.07, 6.45) is 7.68. The van der Waals surface area contributed by atoms with Gasteiger partial charge in [0.15, 0.2) is 17.7 Å². The van der Waals surface area contributed by atoms with Crippen LogP contribution in [0, 0.1) is 35.1 Å². The van der Waals surface area contributed by atoms with Crippen LogP contribution in [0.1, 0.15) is 93.2 Å². The van der Waals surface area contributed by atoms with Gasteiger partial charge in [0.2, 0.25) is 5.69 Å². The lowest BCUT2D eigenvalue weighted by Gasteiger charge is -2.14. The SMILES string of the molecule is CCCCCc1ccc(-c2ccc(-c3ccc(-c4ccc(C(CC)[N+](=C=S)c5ccc(-c6ccc(C#Cc7c(F)cc(CCCC)cc7F)cc6)cc5)cc4)cc3)c(F)c2F)cc1. The number of aryl methyl sites for hydroxylation is 2. The van der Waals surface area contributed by atoms with E-state index < -0.39 is 23.3 Å². The molecule has 0 bridgehead atoms. The first-order chi connectivity index (χ1) is 30.7. The van der Waals surface area contributed by atoms with Crippen LogP contribution in [0.5, 0.6) is 0 Å². The normalized spacial score (nSPS) is 11.4. The topological polar surface area (TPSA) is 3.01 Å². The standard InChI is InChI=1S/C57H50F4NS/c1-4-7-9-11-39-14-19-46(20-15-39)50-34-35-51(57(61)56(50)60)47-25-21-43(22-26-47)44-23-27-48(28-24-44)55(6-3)62(38-63)49-31-29-45(30-32-49)42-17-12-40(13-18-42)16-33-52-53(58)36-41(10-8-5-2)37-54(52)59/h12-15,17-32,34-37,55H,4-11H2,1-3H3/q+1. The molecule has 7 aromatic rings. The van der Waals surface area contributed by atoms with Crippen LogP contribution in [0.4, 0.5) is 23.2 Å². The number of isothiocyanates is 1. The van der Waals surface area contributed by atoms with Crippen LogP contribution in [0.3, 0.4) is 0 Å². The first kappa shape index (κ1) is 44.7. The highest BCUT2D eigenvalue weighted by atomic mass is 32.1. The summed E-state index contributed by atoms with van der Waals surface area (Å²) >= 11 is 5.43. The van der Waals surface area contributed by atoms with Crippen LogP contribution in [0.25, 0.3) is 44.5 Å². The average molecular weight is 857 g/mol. The summed E-state index contributed by atoms with van der Waals surface area (Å²) in [5.41, 5.74) is 9.93. The first-order valence-electron chi connectivity index (χ1n) is 21.9. The van der Waals surface area contributed by atoms with Crippen LogP contribution < -0.4 is 0 Å². The van der Waals surface area contributed by atoms with E-state index in [-0.39, 0.29) is 22.7 Å². The van der Waals surface area contributed by atoms with Crippen LogP contribution in [0.2, 0.25) is 0 Å². The number of unbranched alkanes of at least 4 members (excludes halogenated alkanes) is 3. The highest BCUT2D eigenvalue weighted by Gasteiger charge is 2.24. The lowest BCUT2D eigenvalue weighted by atomic mass is 9.95. The van der Waals surface area contributed by atoms with E-state index in [0.717, 1.165) is 72.0 Å². The highest BCUT2D eigenvalue weighted by molar-refractivity contribution is 7.78. The number of halogens is 4. The van der Waals surface area contributed by atoms with E-state index in [1.807, 2.05) is 109 Å². The van der Waals surface area contributed by atoms with Gasteiger partial charge in [0.05, 0.1) is 5.56 Å². The fraction of sp³-hybridized carbons (Fsp3) is 0.211. The number of nitrogens with zero attached hydrogens (tertiary/aromatic N) is 1. The zero-order valence-electron chi connectivity index (χ0n) is 36.0. The monoisotopic (exact) mass is 856 g/mol. The molecule has 316 valence electrons. The van der Waals surface area contributed by atoms with Crippen molar-refractivity contribution in [3.8, 4) is 56.3 Å². The smallest absolute Gasteiger partial charge is 0.206 e. The Kier molecular flexibility index (Phi) is 15.0. The molecule has 0 amide bonds. The van der Waals surface area contributed by atoms with Gasteiger partial charge in [-0.3, -0.25) is 0 Å². The van der Waals surface area contributed by atoms with E-state index >= 15 is 8.78 Å². The second-order valence-corrected chi connectivity index (χ2v) is 16.1. The van der Waals surface area contributed by atoms with Crippen molar-refractivity contribution < 1.29 is 22.1 Å². The minimum Gasteiger partial charge on any atom is -0.206 e. The summed E-state index contributed by atoms with van der Waals surface area (Å²) in [5, 5.41) is 2.97. The molecule has 63 heavy (non-hydrogen) atoms. The van der Waals surface area contributed by atoms with Gasteiger partial charge in [0.25, 0.3) is 5.16 Å². The molecular weight excluding hydrogens is 807 g/mol. The number of hydrogen-bond donors (Lipinski definition) is 0. The summed E-state index contributed by atoms with van der Waals surface area (Å²) in [7, 11) is 0. The maximum Gasteiger partial charge on any atom is 0.255 e. The van der Waals surface area contributed by atoms with Crippen molar-refractivity contribution >= 4 is 23.1 Å². The van der Waals surface area contributed by atoms with Crippen LogP contribution >= 0.6 is 12.2 Å². The Labute approximate surface area is 374 Å². The Morgan fingerprint density at radius 3 is 1.46 bits per heavy atom. The quantitative estimate of drug-likeness (QED) is 0.0248. The molecule has 0 spiro atoms. The van der Waals surface area contributed by atoms with Crippen LogP contribution in [-0.2, 0) is 12.8 Å². The van der Waals surface area contributed by atoms with Gasteiger partial charge in [-0.2, -0.15) is 0 Å². The Hall–Kier alpha value is -6.38. The van der Waals surface area contributed by atoms with Crippen molar-refractivity contribution in [2.24, 2.45) is 0 Å². The summed E-state index contributed by atoms with van der Waals surface area (Å²) in [4.78, 5) is 0. The van der Waals surface area contributed by atoms with Gasteiger partial charge in [0.1, 0.15) is 11.6 Å². The van der Waals surface area contributed by atoms with E-state index in [4.69, 9.17) is 12.2 Å². The number of hydrogen-bond acceptors (Lipinski definition) is 1. The largest absolute Gasteiger partial charge is 0.255 e. The Morgan fingerprint density at radius 1 is 0.492 bits per heavy atom. The van der Waals surface area contributed by atoms with Crippen LogP contribution in [0.15, 0.2) is 146 Å². The number of benzene rings is 7. The summed E-state index contributed by atoms with van der Waals surface area (Å²) in [6.45, 7) is 6.33. The average Bonchev–Trinajstić information content (AvgIpc) is 3.31. The molecule has 0 saturated carbocycles. The van der Waals surface area contributed by atoms with Gasteiger partial charge in [0, 0.05) is 53.0 Å². The van der Waals surface area contributed by atoms with Crippen molar-refractivity contribution in [3.05, 3.63) is 197 Å². The Bertz CT molecular complexity index is 2750. The number of rotatable bonds is 15. The maximum atomic E-state index is 15.5. The predicted octanol–water partition coefficient (Wildman–Crippen LogP) is 16.3. The van der Waals surface area contributed by atoms with E-state index in [2.05, 4.69) is 55.1 Å². The van der Waals surface area contributed by atoms with E-state index in [0.29, 0.717) is 28.7 Å². The summed E-state index contributed by atoms with van der Waals surface area (Å²) in [6, 6.07) is 45.3. The van der Waals surface area contributed by atoms with Gasteiger partial charge in [-0.25, -0.2) is 17.6 Å².